The predicted octanol–water partition coefficient (Wildman–Crippen LogP) is 3.97. The van der Waals surface area contributed by atoms with E-state index < -0.39 is 0 Å². The zero-order valence-corrected chi connectivity index (χ0v) is 10.5. The van der Waals surface area contributed by atoms with E-state index in [1.165, 1.54) is 57.8 Å². The van der Waals surface area contributed by atoms with E-state index in [0.717, 1.165) is 18.1 Å². The highest BCUT2D eigenvalue weighted by Crippen LogP contribution is 2.37. The maximum Gasteiger partial charge on any atom is 0.0102 e. The van der Waals surface area contributed by atoms with Crippen molar-refractivity contribution in [2.24, 2.45) is 0 Å². The van der Waals surface area contributed by atoms with Crippen molar-refractivity contribution in [3.63, 3.8) is 0 Å². The largest absolute Gasteiger partial charge is 0.295 e. The molecule has 0 saturated carbocycles. The highest BCUT2D eigenvalue weighted by molar-refractivity contribution is 4.94. The zero-order chi connectivity index (χ0) is 10.7. The van der Waals surface area contributed by atoms with Gasteiger partial charge < -0.3 is 0 Å². The first kappa shape index (κ1) is 11.4. The second-order valence-electron chi connectivity index (χ2n) is 5.47. The van der Waals surface area contributed by atoms with Crippen LogP contribution in [0, 0.1) is 0 Å². The highest BCUT2D eigenvalue weighted by atomic mass is 15.2. The molecule has 15 heavy (non-hydrogen) atoms. The van der Waals surface area contributed by atoms with Crippen LogP contribution >= 0.6 is 0 Å². The normalized spacial score (nSPS) is 36.8. The molecule has 2 saturated heterocycles. The van der Waals surface area contributed by atoms with Crippen LogP contribution in [0.4, 0.5) is 0 Å². The monoisotopic (exact) mass is 209 g/mol. The minimum Gasteiger partial charge on any atom is -0.295 e. The van der Waals surface area contributed by atoms with Crippen molar-refractivity contribution >= 4 is 0 Å². The molecular formula is C14H27N. The Morgan fingerprint density at radius 3 is 2.60 bits per heavy atom. The standard InChI is InChI=1S/C14H27N/c1-3-5-7-13-10-11-14-9-6-8-12(4-2)15(13)14/h12-14H,3-11H2,1-2H3. The quantitative estimate of drug-likeness (QED) is 0.677. The molecule has 0 amide bonds. The smallest absolute Gasteiger partial charge is 0.0102 e. The molecule has 0 spiro atoms. The van der Waals surface area contributed by atoms with E-state index in [-0.39, 0.29) is 0 Å². The van der Waals surface area contributed by atoms with Gasteiger partial charge in [0, 0.05) is 18.1 Å². The van der Waals surface area contributed by atoms with Gasteiger partial charge in [-0.25, -0.2) is 0 Å². The summed E-state index contributed by atoms with van der Waals surface area (Å²) in [6.07, 6.45) is 13.1. The third kappa shape index (κ3) is 2.38. The molecule has 0 bridgehead atoms. The number of unbranched alkanes of at least 4 members (excludes halogenated alkanes) is 1. The summed E-state index contributed by atoms with van der Waals surface area (Å²) in [7, 11) is 0. The van der Waals surface area contributed by atoms with Crippen LogP contribution in [0.2, 0.25) is 0 Å². The maximum atomic E-state index is 2.92. The molecule has 3 atom stereocenters. The van der Waals surface area contributed by atoms with Crippen LogP contribution in [0.15, 0.2) is 0 Å². The Kier molecular flexibility index (Phi) is 4.07. The third-order valence-electron chi connectivity index (χ3n) is 4.53. The summed E-state index contributed by atoms with van der Waals surface area (Å²) in [5.41, 5.74) is 0. The Balaban J connectivity index is 1.95. The summed E-state index contributed by atoms with van der Waals surface area (Å²) in [4.78, 5) is 2.92. The van der Waals surface area contributed by atoms with Gasteiger partial charge in [-0.1, -0.05) is 33.1 Å². The molecular weight excluding hydrogens is 182 g/mol. The summed E-state index contributed by atoms with van der Waals surface area (Å²) in [6, 6.07) is 2.83. The lowest BCUT2D eigenvalue weighted by Gasteiger charge is -2.41. The van der Waals surface area contributed by atoms with E-state index in [4.69, 9.17) is 0 Å². The molecule has 2 aliphatic rings. The average molecular weight is 209 g/mol. The Hall–Kier alpha value is -0.0400. The van der Waals surface area contributed by atoms with Gasteiger partial charge in [0.2, 0.25) is 0 Å². The lowest BCUT2D eigenvalue weighted by atomic mass is 9.94. The van der Waals surface area contributed by atoms with Gasteiger partial charge in [-0.15, -0.1) is 0 Å². The van der Waals surface area contributed by atoms with Crippen LogP contribution in [0.3, 0.4) is 0 Å². The summed E-state index contributed by atoms with van der Waals surface area (Å²) < 4.78 is 0. The second kappa shape index (κ2) is 5.34. The van der Waals surface area contributed by atoms with Crippen LogP contribution < -0.4 is 0 Å². The van der Waals surface area contributed by atoms with Crippen molar-refractivity contribution in [1.82, 2.24) is 4.90 Å². The lowest BCUT2D eigenvalue weighted by Crippen LogP contribution is -2.46. The van der Waals surface area contributed by atoms with Crippen molar-refractivity contribution in [2.45, 2.75) is 89.8 Å². The summed E-state index contributed by atoms with van der Waals surface area (Å²) in [6.45, 7) is 4.70. The van der Waals surface area contributed by atoms with E-state index >= 15 is 0 Å². The van der Waals surface area contributed by atoms with Gasteiger partial charge in [0.25, 0.3) is 0 Å². The number of hydrogen-bond acceptors (Lipinski definition) is 1. The van der Waals surface area contributed by atoms with Crippen LogP contribution in [0.1, 0.15) is 71.6 Å². The van der Waals surface area contributed by atoms with Crippen molar-refractivity contribution in [2.75, 3.05) is 0 Å². The molecule has 2 rings (SSSR count). The van der Waals surface area contributed by atoms with Crippen molar-refractivity contribution < 1.29 is 0 Å². The Morgan fingerprint density at radius 1 is 1.00 bits per heavy atom. The summed E-state index contributed by atoms with van der Waals surface area (Å²) in [5, 5.41) is 0. The first-order chi connectivity index (χ1) is 7.36. The lowest BCUT2D eigenvalue weighted by molar-refractivity contribution is 0.0748. The van der Waals surface area contributed by atoms with Crippen LogP contribution in [0.5, 0.6) is 0 Å². The number of piperidine rings is 1. The number of hydrogen-bond donors (Lipinski definition) is 0. The molecule has 1 nitrogen and oxygen atoms in total. The Bertz CT molecular complexity index is 190. The molecule has 2 fully saturated rings. The molecule has 1 heteroatoms. The number of nitrogens with zero attached hydrogens (tertiary/aromatic N) is 1. The number of fused-ring (bicyclic) bond motifs is 1. The van der Waals surface area contributed by atoms with Crippen LogP contribution in [-0.2, 0) is 0 Å². The van der Waals surface area contributed by atoms with Crippen molar-refractivity contribution in [1.29, 1.82) is 0 Å². The van der Waals surface area contributed by atoms with E-state index in [1.54, 1.807) is 0 Å². The Morgan fingerprint density at radius 2 is 1.87 bits per heavy atom. The fourth-order valence-electron chi connectivity index (χ4n) is 3.76. The predicted molar refractivity (Wildman–Crippen MR) is 66.1 cm³/mol. The molecule has 0 aliphatic carbocycles. The highest BCUT2D eigenvalue weighted by Gasteiger charge is 2.38. The molecule has 88 valence electrons. The zero-order valence-electron chi connectivity index (χ0n) is 10.5. The minimum atomic E-state index is 0.924. The minimum absolute atomic E-state index is 0.924. The first-order valence-corrected chi connectivity index (χ1v) is 7.14. The van der Waals surface area contributed by atoms with Gasteiger partial charge in [0.15, 0.2) is 0 Å². The van der Waals surface area contributed by atoms with E-state index in [9.17, 15) is 0 Å². The van der Waals surface area contributed by atoms with Gasteiger partial charge in [-0.2, -0.15) is 0 Å². The third-order valence-corrected chi connectivity index (χ3v) is 4.53. The van der Waals surface area contributed by atoms with Crippen molar-refractivity contribution in [3.05, 3.63) is 0 Å². The molecule has 0 N–H and O–H groups in total. The molecule has 0 radical (unpaired) electrons. The first-order valence-electron chi connectivity index (χ1n) is 7.14. The van der Waals surface area contributed by atoms with Gasteiger partial charge >= 0.3 is 0 Å². The number of rotatable bonds is 4. The van der Waals surface area contributed by atoms with Gasteiger partial charge in [-0.3, -0.25) is 4.90 Å². The maximum absolute atomic E-state index is 2.92. The van der Waals surface area contributed by atoms with Crippen LogP contribution in [-0.4, -0.2) is 23.0 Å². The van der Waals surface area contributed by atoms with E-state index in [0.29, 0.717) is 0 Å². The van der Waals surface area contributed by atoms with E-state index in [2.05, 4.69) is 18.7 Å². The summed E-state index contributed by atoms with van der Waals surface area (Å²) >= 11 is 0. The Labute approximate surface area is 95.2 Å². The average Bonchev–Trinajstić information content (AvgIpc) is 2.69. The topological polar surface area (TPSA) is 3.24 Å². The molecule has 0 aromatic heterocycles. The summed E-state index contributed by atoms with van der Waals surface area (Å²) in [5.74, 6) is 0. The fourth-order valence-corrected chi connectivity index (χ4v) is 3.76. The molecule has 0 aromatic carbocycles. The van der Waals surface area contributed by atoms with Crippen molar-refractivity contribution in [3.8, 4) is 0 Å². The van der Waals surface area contributed by atoms with Gasteiger partial charge in [0.1, 0.15) is 0 Å². The van der Waals surface area contributed by atoms with Gasteiger partial charge in [0.05, 0.1) is 0 Å². The van der Waals surface area contributed by atoms with E-state index in [1.807, 2.05) is 0 Å². The molecule has 3 unspecified atom stereocenters. The molecule has 2 aliphatic heterocycles. The second-order valence-corrected chi connectivity index (χ2v) is 5.47. The SMILES string of the molecule is CCCCC1CCC2CCCC(CC)N12. The molecule has 2 heterocycles. The van der Waals surface area contributed by atoms with Gasteiger partial charge in [-0.05, 0) is 38.5 Å². The van der Waals surface area contributed by atoms with Crippen LogP contribution in [0.25, 0.3) is 0 Å². The fraction of sp³-hybridized carbons (Fsp3) is 1.00. The molecule has 0 aromatic rings.